The Hall–Kier alpha value is -3.50. The molecular formula is C24H19NO2S. The van der Waals surface area contributed by atoms with Crippen molar-refractivity contribution in [2.24, 2.45) is 0 Å². The Morgan fingerprint density at radius 3 is 1.57 bits per heavy atom. The van der Waals surface area contributed by atoms with Crippen LogP contribution in [-0.2, 0) is 0 Å². The van der Waals surface area contributed by atoms with Crippen molar-refractivity contribution in [1.29, 1.82) is 0 Å². The molecule has 0 unspecified atom stereocenters. The Balaban J connectivity index is 1.68. The van der Waals surface area contributed by atoms with E-state index in [0.29, 0.717) is 0 Å². The molecule has 0 aliphatic heterocycles. The van der Waals surface area contributed by atoms with Crippen molar-refractivity contribution in [3.8, 4) is 11.5 Å². The summed E-state index contributed by atoms with van der Waals surface area (Å²) in [6.45, 7) is 0. The zero-order valence-electron chi connectivity index (χ0n) is 15.1. The summed E-state index contributed by atoms with van der Waals surface area (Å²) in [6, 6.07) is 26.6. The van der Waals surface area contributed by atoms with Gasteiger partial charge in [0.1, 0.15) is 11.5 Å². The second kappa shape index (κ2) is 8.03. The minimum atomic E-state index is 0.225. The van der Waals surface area contributed by atoms with E-state index in [9.17, 15) is 10.2 Å². The van der Waals surface area contributed by atoms with Gasteiger partial charge < -0.3 is 15.1 Å². The van der Waals surface area contributed by atoms with Crippen LogP contribution >= 0.6 is 11.3 Å². The zero-order valence-corrected chi connectivity index (χ0v) is 15.9. The summed E-state index contributed by atoms with van der Waals surface area (Å²) in [6.07, 6.45) is 4.21. The molecule has 0 aliphatic carbocycles. The summed E-state index contributed by atoms with van der Waals surface area (Å²) in [4.78, 5) is 3.30. The van der Waals surface area contributed by atoms with Gasteiger partial charge in [0, 0.05) is 21.9 Å². The number of phenolic OH excluding ortho intramolecular Hbond substituents is 2. The Bertz CT molecular complexity index is 1010. The van der Waals surface area contributed by atoms with Crippen molar-refractivity contribution in [3.63, 3.8) is 0 Å². The molecule has 0 bridgehead atoms. The van der Waals surface area contributed by atoms with E-state index in [0.717, 1.165) is 22.6 Å². The van der Waals surface area contributed by atoms with Gasteiger partial charge in [0.05, 0.1) is 0 Å². The molecule has 3 nitrogen and oxygen atoms in total. The van der Waals surface area contributed by atoms with E-state index in [1.54, 1.807) is 35.6 Å². The van der Waals surface area contributed by atoms with Crippen LogP contribution < -0.4 is 4.90 Å². The predicted octanol–water partition coefficient (Wildman–Crippen LogP) is 6.80. The van der Waals surface area contributed by atoms with Crippen molar-refractivity contribution >= 4 is 40.6 Å². The molecular weight excluding hydrogens is 366 g/mol. The van der Waals surface area contributed by atoms with Gasteiger partial charge in [-0.2, -0.15) is 0 Å². The molecule has 0 radical (unpaired) electrons. The summed E-state index contributed by atoms with van der Waals surface area (Å²) in [5, 5.41) is 21.3. The van der Waals surface area contributed by atoms with E-state index in [1.807, 2.05) is 30.3 Å². The summed E-state index contributed by atoms with van der Waals surface area (Å²) in [5.41, 5.74) is 3.95. The van der Waals surface area contributed by atoms with E-state index in [-0.39, 0.29) is 11.5 Å². The molecule has 0 aliphatic rings. The van der Waals surface area contributed by atoms with Crippen LogP contribution in [0.3, 0.4) is 0 Å². The second-order valence-corrected chi connectivity index (χ2v) is 7.29. The molecule has 0 atom stereocenters. The maximum atomic E-state index is 9.63. The van der Waals surface area contributed by atoms with E-state index < -0.39 is 0 Å². The van der Waals surface area contributed by atoms with Crippen LogP contribution in [0, 0.1) is 0 Å². The van der Waals surface area contributed by atoms with Gasteiger partial charge in [-0.25, -0.2) is 0 Å². The van der Waals surface area contributed by atoms with Crippen LogP contribution in [-0.4, -0.2) is 10.2 Å². The topological polar surface area (TPSA) is 43.7 Å². The highest BCUT2D eigenvalue weighted by Crippen LogP contribution is 2.36. The average Bonchev–Trinajstić information content (AvgIpc) is 3.24. The van der Waals surface area contributed by atoms with E-state index in [4.69, 9.17) is 0 Å². The molecule has 28 heavy (non-hydrogen) atoms. The maximum Gasteiger partial charge on any atom is 0.115 e. The lowest BCUT2D eigenvalue weighted by Gasteiger charge is -2.25. The lowest BCUT2D eigenvalue weighted by Crippen LogP contribution is -2.09. The van der Waals surface area contributed by atoms with Crippen LogP contribution in [0.4, 0.5) is 17.1 Å². The molecule has 2 N–H and O–H groups in total. The molecule has 1 heterocycles. The molecule has 0 saturated carbocycles. The Morgan fingerprint density at radius 2 is 1.11 bits per heavy atom. The Morgan fingerprint density at radius 1 is 0.607 bits per heavy atom. The van der Waals surface area contributed by atoms with Gasteiger partial charge in [-0.1, -0.05) is 24.3 Å². The summed E-state index contributed by atoms with van der Waals surface area (Å²) >= 11 is 1.71. The van der Waals surface area contributed by atoms with Crippen LogP contribution in [0.1, 0.15) is 10.4 Å². The number of phenols is 2. The van der Waals surface area contributed by atoms with Crippen LogP contribution in [0.2, 0.25) is 0 Å². The molecule has 0 amide bonds. The minimum absolute atomic E-state index is 0.225. The predicted molar refractivity (Wildman–Crippen MR) is 118 cm³/mol. The fourth-order valence-corrected chi connectivity index (χ4v) is 3.57. The standard InChI is InChI=1S/C24H19NO2S/c26-22-12-8-20(9-13-22)25(21-10-14-23(27)15-11-21)19-6-3-18(4-7-19)5-16-24-2-1-17-28-24/h1-17,26-27H/b16-5+. The van der Waals surface area contributed by atoms with Crippen molar-refractivity contribution < 1.29 is 10.2 Å². The first-order valence-electron chi connectivity index (χ1n) is 8.89. The van der Waals surface area contributed by atoms with Gasteiger partial charge in [0.25, 0.3) is 0 Å². The van der Waals surface area contributed by atoms with Crippen LogP contribution in [0.15, 0.2) is 90.3 Å². The lowest BCUT2D eigenvalue weighted by molar-refractivity contribution is 0.475. The van der Waals surface area contributed by atoms with Crippen LogP contribution in [0.5, 0.6) is 11.5 Å². The smallest absolute Gasteiger partial charge is 0.115 e. The number of anilines is 3. The molecule has 0 saturated heterocycles. The van der Waals surface area contributed by atoms with E-state index in [1.165, 1.54) is 4.88 Å². The normalized spacial score (nSPS) is 11.0. The molecule has 4 heteroatoms. The number of rotatable bonds is 5. The molecule has 138 valence electrons. The molecule has 1 aromatic heterocycles. The first-order valence-corrected chi connectivity index (χ1v) is 9.77. The number of aromatic hydroxyl groups is 2. The highest BCUT2D eigenvalue weighted by atomic mass is 32.1. The molecule has 4 rings (SSSR count). The van der Waals surface area contributed by atoms with Gasteiger partial charge in [-0.3, -0.25) is 0 Å². The van der Waals surface area contributed by atoms with E-state index in [2.05, 4.69) is 52.8 Å². The van der Waals surface area contributed by atoms with Crippen molar-refractivity contribution in [2.75, 3.05) is 4.90 Å². The SMILES string of the molecule is Oc1ccc(N(c2ccc(O)cc2)c2ccc(/C=C/c3cccs3)cc2)cc1. The zero-order chi connectivity index (χ0) is 19.3. The Labute approximate surface area is 168 Å². The number of hydrogen-bond acceptors (Lipinski definition) is 4. The highest BCUT2D eigenvalue weighted by molar-refractivity contribution is 7.10. The number of benzene rings is 3. The number of nitrogens with zero attached hydrogens (tertiary/aromatic N) is 1. The molecule has 0 spiro atoms. The van der Waals surface area contributed by atoms with Gasteiger partial charge >= 0.3 is 0 Å². The molecule has 4 aromatic rings. The minimum Gasteiger partial charge on any atom is -0.508 e. The van der Waals surface area contributed by atoms with Gasteiger partial charge in [0.15, 0.2) is 0 Å². The fraction of sp³-hybridized carbons (Fsp3) is 0. The molecule has 3 aromatic carbocycles. The van der Waals surface area contributed by atoms with E-state index >= 15 is 0 Å². The monoisotopic (exact) mass is 385 g/mol. The third-order valence-electron chi connectivity index (χ3n) is 4.35. The lowest BCUT2D eigenvalue weighted by atomic mass is 10.1. The van der Waals surface area contributed by atoms with Crippen LogP contribution in [0.25, 0.3) is 12.2 Å². The van der Waals surface area contributed by atoms with Gasteiger partial charge in [-0.05, 0) is 83.7 Å². The number of hydrogen-bond donors (Lipinski definition) is 2. The van der Waals surface area contributed by atoms with Crippen molar-refractivity contribution in [1.82, 2.24) is 0 Å². The number of thiophene rings is 1. The average molecular weight is 385 g/mol. The summed E-state index contributed by atoms with van der Waals surface area (Å²) < 4.78 is 0. The van der Waals surface area contributed by atoms with Gasteiger partial charge in [-0.15, -0.1) is 11.3 Å². The summed E-state index contributed by atoms with van der Waals surface area (Å²) in [7, 11) is 0. The Kier molecular flexibility index (Phi) is 5.13. The third-order valence-corrected chi connectivity index (χ3v) is 5.19. The van der Waals surface area contributed by atoms with Gasteiger partial charge in [0.2, 0.25) is 0 Å². The summed E-state index contributed by atoms with van der Waals surface area (Å²) in [5.74, 6) is 0.451. The largest absolute Gasteiger partial charge is 0.508 e. The maximum absolute atomic E-state index is 9.63. The quantitative estimate of drug-likeness (QED) is 0.397. The first kappa shape index (κ1) is 17.9. The fourth-order valence-electron chi connectivity index (χ4n) is 2.95. The second-order valence-electron chi connectivity index (χ2n) is 6.31. The third kappa shape index (κ3) is 4.08. The van der Waals surface area contributed by atoms with Crippen molar-refractivity contribution in [2.45, 2.75) is 0 Å². The van der Waals surface area contributed by atoms with Crippen molar-refractivity contribution in [3.05, 3.63) is 101 Å². The first-order chi connectivity index (χ1) is 13.7. The molecule has 0 fully saturated rings. The highest BCUT2D eigenvalue weighted by Gasteiger charge is 2.12.